The van der Waals surface area contributed by atoms with Crippen molar-refractivity contribution >= 4 is 46.6 Å². The average molecular weight is 372 g/mol. The van der Waals surface area contributed by atoms with E-state index in [1.807, 2.05) is 0 Å². The summed E-state index contributed by atoms with van der Waals surface area (Å²) in [5.41, 5.74) is 1.37. The topological polar surface area (TPSA) is 95.6 Å². The second-order valence-electron chi connectivity index (χ2n) is 5.67. The lowest BCUT2D eigenvalue weighted by Crippen LogP contribution is -2.37. The smallest absolute Gasteiger partial charge is 0.263 e. The molecule has 132 valence electrons. The van der Waals surface area contributed by atoms with Gasteiger partial charge >= 0.3 is 0 Å². The van der Waals surface area contributed by atoms with Gasteiger partial charge in [0, 0.05) is 18.3 Å². The average Bonchev–Trinajstić information content (AvgIpc) is 2.82. The van der Waals surface area contributed by atoms with Crippen LogP contribution in [-0.4, -0.2) is 35.1 Å². The highest BCUT2D eigenvalue weighted by Crippen LogP contribution is 2.28. The number of hydrogen-bond donors (Lipinski definition) is 2. The molecule has 2 N–H and O–H groups in total. The predicted molar refractivity (Wildman–Crippen MR) is 96.2 cm³/mol. The van der Waals surface area contributed by atoms with Crippen molar-refractivity contribution in [3.05, 3.63) is 58.6 Å². The minimum Gasteiger partial charge on any atom is -0.326 e. The van der Waals surface area contributed by atoms with Crippen LogP contribution in [0.5, 0.6) is 0 Å². The summed E-state index contributed by atoms with van der Waals surface area (Å²) < 4.78 is 0. The van der Waals surface area contributed by atoms with Crippen molar-refractivity contribution < 1.29 is 19.2 Å². The van der Waals surface area contributed by atoms with E-state index < -0.39 is 24.3 Å². The van der Waals surface area contributed by atoms with Gasteiger partial charge in [0.15, 0.2) is 0 Å². The van der Waals surface area contributed by atoms with Gasteiger partial charge in [0.25, 0.3) is 11.8 Å². The molecule has 1 aliphatic rings. The first-order valence-corrected chi connectivity index (χ1v) is 8.07. The van der Waals surface area contributed by atoms with Crippen LogP contribution in [0, 0.1) is 0 Å². The zero-order valence-electron chi connectivity index (χ0n) is 13.7. The number of fused-ring (bicyclic) bond motifs is 1. The number of nitrogens with one attached hydrogen (secondary N) is 2. The van der Waals surface area contributed by atoms with Crippen LogP contribution in [0.1, 0.15) is 27.6 Å². The predicted octanol–water partition coefficient (Wildman–Crippen LogP) is 2.53. The molecule has 2 aromatic rings. The maximum atomic E-state index is 12.4. The quantitative estimate of drug-likeness (QED) is 0.807. The molecule has 0 unspecified atom stereocenters. The Balaban J connectivity index is 1.67. The van der Waals surface area contributed by atoms with Gasteiger partial charge in [-0.25, -0.2) is 0 Å². The molecule has 0 radical (unpaired) electrons. The zero-order valence-corrected chi connectivity index (χ0v) is 14.5. The van der Waals surface area contributed by atoms with Gasteiger partial charge < -0.3 is 10.6 Å². The molecular formula is C18H14ClN3O4. The molecule has 1 aliphatic heterocycles. The molecule has 7 nitrogen and oxygen atoms in total. The molecule has 4 amide bonds. The standard InChI is InChI=1S/C18H14ClN3O4/c1-10(23)20-11-5-7-12(8-6-11)21-15(24)9-22-17(25)13-3-2-4-14(19)16(13)18(22)26/h2-8H,9H2,1H3,(H,20,23)(H,21,24). The number of imide groups is 1. The summed E-state index contributed by atoms with van der Waals surface area (Å²) in [5, 5.41) is 5.39. The van der Waals surface area contributed by atoms with Gasteiger partial charge in [0.05, 0.1) is 16.1 Å². The zero-order chi connectivity index (χ0) is 18.8. The van der Waals surface area contributed by atoms with E-state index in [-0.39, 0.29) is 22.1 Å². The van der Waals surface area contributed by atoms with E-state index in [9.17, 15) is 19.2 Å². The molecule has 8 heteroatoms. The van der Waals surface area contributed by atoms with Gasteiger partial charge in [-0.2, -0.15) is 0 Å². The fraction of sp³-hybridized carbons (Fsp3) is 0.111. The van der Waals surface area contributed by atoms with Gasteiger partial charge in [-0.1, -0.05) is 17.7 Å². The summed E-state index contributed by atoms with van der Waals surface area (Å²) in [6.07, 6.45) is 0. The van der Waals surface area contributed by atoms with Gasteiger partial charge in [-0.3, -0.25) is 24.1 Å². The maximum Gasteiger partial charge on any atom is 0.263 e. The third-order valence-electron chi connectivity index (χ3n) is 3.74. The lowest BCUT2D eigenvalue weighted by molar-refractivity contribution is -0.116. The molecule has 1 heterocycles. The molecular weight excluding hydrogens is 358 g/mol. The van der Waals surface area contributed by atoms with Crippen LogP contribution in [-0.2, 0) is 9.59 Å². The molecule has 0 atom stereocenters. The minimum absolute atomic E-state index is 0.117. The summed E-state index contributed by atoms with van der Waals surface area (Å²) in [5.74, 6) is -1.87. The summed E-state index contributed by atoms with van der Waals surface area (Å²) in [6, 6.07) is 11.0. The Hall–Kier alpha value is -3.19. The fourth-order valence-corrected chi connectivity index (χ4v) is 2.88. The Bertz CT molecular complexity index is 925. The molecule has 3 rings (SSSR count). The van der Waals surface area contributed by atoms with Crippen molar-refractivity contribution in [3.63, 3.8) is 0 Å². The Morgan fingerprint density at radius 1 is 0.962 bits per heavy atom. The van der Waals surface area contributed by atoms with Crippen LogP contribution < -0.4 is 10.6 Å². The van der Waals surface area contributed by atoms with Gasteiger partial charge in [-0.15, -0.1) is 0 Å². The molecule has 0 aliphatic carbocycles. The number of carbonyl (C=O) groups excluding carboxylic acids is 4. The number of nitrogens with zero attached hydrogens (tertiary/aromatic N) is 1. The van der Waals surface area contributed by atoms with E-state index in [0.717, 1.165) is 4.90 Å². The monoisotopic (exact) mass is 371 g/mol. The summed E-state index contributed by atoms with van der Waals surface area (Å²) >= 11 is 5.98. The van der Waals surface area contributed by atoms with Crippen molar-refractivity contribution in [2.45, 2.75) is 6.92 Å². The number of carbonyl (C=O) groups is 4. The van der Waals surface area contributed by atoms with Gasteiger partial charge in [-0.05, 0) is 36.4 Å². The van der Waals surface area contributed by atoms with Gasteiger partial charge in [0.1, 0.15) is 6.54 Å². The van der Waals surface area contributed by atoms with Crippen molar-refractivity contribution in [2.75, 3.05) is 17.2 Å². The van der Waals surface area contributed by atoms with Crippen molar-refractivity contribution in [3.8, 4) is 0 Å². The molecule has 0 aromatic heterocycles. The van der Waals surface area contributed by atoms with E-state index in [4.69, 9.17) is 11.6 Å². The number of benzene rings is 2. The molecule has 0 spiro atoms. The Morgan fingerprint density at radius 3 is 2.15 bits per heavy atom. The Labute approximate surface area is 153 Å². The lowest BCUT2D eigenvalue weighted by Gasteiger charge is -2.14. The van der Waals surface area contributed by atoms with E-state index in [1.54, 1.807) is 30.3 Å². The third kappa shape index (κ3) is 3.43. The van der Waals surface area contributed by atoms with Gasteiger partial charge in [0.2, 0.25) is 11.8 Å². The number of halogens is 1. The third-order valence-corrected chi connectivity index (χ3v) is 4.05. The van der Waals surface area contributed by atoms with Crippen LogP contribution in [0.25, 0.3) is 0 Å². The molecule has 0 saturated carbocycles. The molecule has 0 fully saturated rings. The van der Waals surface area contributed by atoms with Crippen LogP contribution in [0.15, 0.2) is 42.5 Å². The summed E-state index contributed by atoms with van der Waals surface area (Å²) in [7, 11) is 0. The number of hydrogen-bond acceptors (Lipinski definition) is 4. The first-order valence-electron chi connectivity index (χ1n) is 7.69. The largest absolute Gasteiger partial charge is 0.326 e. The van der Waals surface area contributed by atoms with Crippen LogP contribution in [0.3, 0.4) is 0 Å². The normalized spacial score (nSPS) is 12.8. The molecule has 0 bridgehead atoms. The van der Waals surface area contributed by atoms with Crippen LogP contribution >= 0.6 is 11.6 Å². The summed E-state index contributed by atoms with van der Waals surface area (Å²) in [4.78, 5) is 48.7. The first kappa shape index (κ1) is 17.6. The van der Waals surface area contributed by atoms with Crippen LogP contribution in [0.2, 0.25) is 5.02 Å². The highest BCUT2D eigenvalue weighted by molar-refractivity contribution is 6.37. The Kier molecular flexibility index (Phi) is 4.73. The van der Waals surface area contributed by atoms with E-state index in [2.05, 4.69) is 10.6 Å². The highest BCUT2D eigenvalue weighted by atomic mass is 35.5. The fourth-order valence-electron chi connectivity index (χ4n) is 2.62. The highest BCUT2D eigenvalue weighted by Gasteiger charge is 2.38. The number of anilines is 2. The second-order valence-corrected chi connectivity index (χ2v) is 6.07. The second kappa shape index (κ2) is 6.97. The maximum absolute atomic E-state index is 12.4. The van der Waals surface area contributed by atoms with E-state index >= 15 is 0 Å². The van der Waals surface area contributed by atoms with Crippen molar-refractivity contribution in [1.29, 1.82) is 0 Å². The van der Waals surface area contributed by atoms with Crippen LogP contribution in [0.4, 0.5) is 11.4 Å². The lowest BCUT2D eigenvalue weighted by atomic mass is 10.1. The Morgan fingerprint density at radius 2 is 1.58 bits per heavy atom. The van der Waals surface area contributed by atoms with Crippen molar-refractivity contribution in [1.82, 2.24) is 4.90 Å². The molecule has 26 heavy (non-hydrogen) atoms. The van der Waals surface area contributed by atoms with Crippen molar-refractivity contribution in [2.24, 2.45) is 0 Å². The minimum atomic E-state index is -0.591. The molecule has 2 aromatic carbocycles. The SMILES string of the molecule is CC(=O)Nc1ccc(NC(=O)CN2C(=O)c3cccc(Cl)c3C2=O)cc1. The van der Waals surface area contributed by atoms with E-state index in [0.29, 0.717) is 11.4 Å². The number of amides is 4. The first-order chi connectivity index (χ1) is 12.4. The summed E-state index contributed by atoms with van der Waals surface area (Å²) in [6.45, 7) is 0.972. The van der Waals surface area contributed by atoms with E-state index in [1.165, 1.54) is 19.1 Å². The number of rotatable bonds is 4. The molecule has 0 saturated heterocycles.